The van der Waals surface area contributed by atoms with Crippen molar-refractivity contribution in [1.82, 2.24) is 0 Å². The average molecular weight is 312 g/mol. The Morgan fingerprint density at radius 2 is 0.957 bits per heavy atom. The zero-order valence-electron chi connectivity index (χ0n) is 15.0. The molecule has 3 heteroatoms. The molecule has 0 aliphatic rings. The summed E-state index contributed by atoms with van der Waals surface area (Å²) in [5.41, 5.74) is 1.93. The van der Waals surface area contributed by atoms with Gasteiger partial charge in [-0.15, -0.1) is 0 Å². The van der Waals surface area contributed by atoms with Crippen LogP contribution in [0.5, 0.6) is 11.5 Å². The van der Waals surface area contributed by atoms with Crippen LogP contribution in [0.1, 0.15) is 41.5 Å². The van der Waals surface area contributed by atoms with Gasteiger partial charge in [0.05, 0.1) is 11.4 Å². The summed E-state index contributed by atoms with van der Waals surface area (Å²) in [6.45, 7) is 12.8. The zero-order chi connectivity index (χ0) is 17.1. The highest BCUT2D eigenvalue weighted by Crippen LogP contribution is 2.35. The lowest BCUT2D eigenvalue weighted by Crippen LogP contribution is -2.26. The molecule has 2 rings (SSSR count). The highest BCUT2D eigenvalue weighted by atomic mass is 16.5. The predicted molar refractivity (Wildman–Crippen MR) is 99.7 cm³/mol. The van der Waals surface area contributed by atoms with Gasteiger partial charge in [-0.25, -0.2) is 0 Å². The summed E-state index contributed by atoms with van der Waals surface area (Å²) in [5.74, 6) is 1.65. The number of nitrogens with one attached hydrogen (secondary N) is 2. The first kappa shape index (κ1) is 17.2. The summed E-state index contributed by atoms with van der Waals surface area (Å²) in [5, 5.41) is 6.98. The lowest BCUT2D eigenvalue weighted by Gasteiger charge is -2.26. The van der Waals surface area contributed by atoms with Crippen LogP contribution < -0.4 is 15.4 Å². The molecule has 0 radical (unpaired) electrons. The summed E-state index contributed by atoms with van der Waals surface area (Å²) in [6.07, 6.45) is 0. The number of hydrogen-bond acceptors (Lipinski definition) is 3. The molecule has 0 bridgehead atoms. The van der Waals surface area contributed by atoms with Crippen molar-refractivity contribution < 1.29 is 4.74 Å². The Morgan fingerprint density at radius 1 is 0.609 bits per heavy atom. The smallest absolute Gasteiger partial charge is 0.150 e. The lowest BCUT2D eigenvalue weighted by atomic mass is 10.1. The van der Waals surface area contributed by atoms with E-state index in [2.05, 4.69) is 52.2 Å². The van der Waals surface area contributed by atoms with Gasteiger partial charge >= 0.3 is 0 Å². The van der Waals surface area contributed by atoms with Gasteiger partial charge in [-0.3, -0.25) is 0 Å². The van der Waals surface area contributed by atoms with Gasteiger partial charge in [-0.05, 0) is 65.8 Å². The van der Waals surface area contributed by atoms with E-state index in [0.717, 1.165) is 22.9 Å². The number of hydrogen-bond donors (Lipinski definition) is 2. The van der Waals surface area contributed by atoms with Crippen LogP contribution >= 0.6 is 0 Å². The maximum absolute atomic E-state index is 6.21. The van der Waals surface area contributed by atoms with Crippen LogP contribution in [0.2, 0.25) is 0 Å². The number of benzene rings is 2. The topological polar surface area (TPSA) is 33.3 Å². The maximum Gasteiger partial charge on any atom is 0.150 e. The predicted octanol–water partition coefficient (Wildman–Crippen LogP) is 5.90. The van der Waals surface area contributed by atoms with Crippen LogP contribution in [0.15, 0.2) is 48.5 Å². The second-order valence-electron chi connectivity index (χ2n) is 7.84. The molecule has 2 aromatic carbocycles. The van der Waals surface area contributed by atoms with Crippen molar-refractivity contribution in [3.05, 3.63) is 48.5 Å². The first-order valence-corrected chi connectivity index (χ1v) is 8.06. The zero-order valence-corrected chi connectivity index (χ0v) is 15.0. The van der Waals surface area contributed by atoms with E-state index in [9.17, 15) is 0 Å². The van der Waals surface area contributed by atoms with Crippen molar-refractivity contribution in [1.29, 1.82) is 0 Å². The molecule has 0 aromatic heterocycles. The van der Waals surface area contributed by atoms with Crippen molar-refractivity contribution in [2.75, 3.05) is 10.6 Å². The molecule has 0 heterocycles. The standard InChI is InChI=1S/C20H28N2O/c1-19(2,3)21-15-11-7-9-13-17(15)23-18-14-10-8-12-16(18)22-20(4,5)6/h7-14,21-22H,1-6H3. The van der Waals surface area contributed by atoms with Crippen LogP contribution in [0.25, 0.3) is 0 Å². The van der Waals surface area contributed by atoms with E-state index in [1.807, 2.05) is 48.5 Å². The number of ether oxygens (including phenoxy) is 1. The molecular weight excluding hydrogens is 284 g/mol. The van der Waals surface area contributed by atoms with Crippen molar-refractivity contribution in [3.63, 3.8) is 0 Å². The maximum atomic E-state index is 6.21. The van der Waals surface area contributed by atoms with Gasteiger partial charge in [-0.1, -0.05) is 24.3 Å². The minimum absolute atomic E-state index is 0.0252. The molecule has 2 aromatic rings. The monoisotopic (exact) mass is 312 g/mol. The third kappa shape index (κ3) is 5.51. The molecule has 0 aliphatic heterocycles. The normalized spacial score (nSPS) is 11.9. The van der Waals surface area contributed by atoms with Crippen molar-refractivity contribution in [2.45, 2.75) is 52.6 Å². The number of anilines is 2. The third-order valence-corrected chi connectivity index (χ3v) is 3.01. The summed E-state index contributed by atoms with van der Waals surface area (Å²) < 4.78 is 6.21. The molecule has 0 saturated heterocycles. The lowest BCUT2D eigenvalue weighted by molar-refractivity contribution is 0.480. The molecule has 0 saturated carbocycles. The van der Waals surface area contributed by atoms with Gasteiger partial charge < -0.3 is 15.4 Å². The summed E-state index contributed by atoms with van der Waals surface area (Å²) in [6, 6.07) is 16.1. The molecule has 3 nitrogen and oxygen atoms in total. The second kappa shape index (κ2) is 6.53. The first-order valence-electron chi connectivity index (χ1n) is 8.06. The Bertz CT molecular complexity index is 594. The molecule has 0 aliphatic carbocycles. The van der Waals surface area contributed by atoms with Crippen LogP contribution in [-0.4, -0.2) is 11.1 Å². The SMILES string of the molecule is CC(C)(C)Nc1ccccc1Oc1ccccc1NC(C)(C)C. The molecular formula is C20H28N2O. The van der Waals surface area contributed by atoms with E-state index in [-0.39, 0.29) is 11.1 Å². The Balaban J connectivity index is 2.30. The first-order chi connectivity index (χ1) is 10.6. The van der Waals surface area contributed by atoms with E-state index in [0.29, 0.717) is 0 Å². The molecule has 0 unspecified atom stereocenters. The largest absolute Gasteiger partial charge is 0.453 e. The van der Waals surface area contributed by atoms with Gasteiger partial charge in [-0.2, -0.15) is 0 Å². The number of para-hydroxylation sites is 4. The molecule has 0 atom stereocenters. The summed E-state index contributed by atoms with van der Waals surface area (Å²) >= 11 is 0. The molecule has 0 amide bonds. The van der Waals surface area contributed by atoms with E-state index >= 15 is 0 Å². The minimum atomic E-state index is -0.0252. The Labute approximate surface area is 140 Å². The molecule has 124 valence electrons. The summed E-state index contributed by atoms with van der Waals surface area (Å²) in [4.78, 5) is 0. The molecule has 23 heavy (non-hydrogen) atoms. The molecule has 0 fully saturated rings. The van der Waals surface area contributed by atoms with E-state index in [1.165, 1.54) is 0 Å². The van der Waals surface area contributed by atoms with Crippen molar-refractivity contribution in [2.24, 2.45) is 0 Å². The fourth-order valence-electron chi connectivity index (χ4n) is 2.24. The van der Waals surface area contributed by atoms with Gasteiger partial charge in [0.15, 0.2) is 11.5 Å². The van der Waals surface area contributed by atoms with Crippen LogP contribution in [0, 0.1) is 0 Å². The fraction of sp³-hybridized carbons (Fsp3) is 0.400. The van der Waals surface area contributed by atoms with Gasteiger partial charge in [0.25, 0.3) is 0 Å². The Hall–Kier alpha value is -2.16. The quantitative estimate of drug-likeness (QED) is 0.737. The Kier molecular flexibility index (Phi) is 4.88. The minimum Gasteiger partial charge on any atom is -0.453 e. The van der Waals surface area contributed by atoms with Gasteiger partial charge in [0, 0.05) is 11.1 Å². The van der Waals surface area contributed by atoms with E-state index in [1.54, 1.807) is 0 Å². The highest BCUT2D eigenvalue weighted by molar-refractivity contribution is 5.63. The van der Waals surface area contributed by atoms with Crippen molar-refractivity contribution in [3.8, 4) is 11.5 Å². The molecule has 0 spiro atoms. The van der Waals surface area contributed by atoms with Crippen LogP contribution in [0.3, 0.4) is 0 Å². The van der Waals surface area contributed by atoms with Crippen molar-refractivity contribution >= 4 is 11.4 Å². The van der Waals surface area contributed by atoms with E-state index in [4.69, 9.17) is 4.74 Å². The fourth-order valence-corrected chi connectivity index (χ4v) is 2.24. The van der Waals surface area contributed by atoms with Gasteiger partial charge in [0.1, 0.15) is 0 Å². The van der Waals surface area contributed by atoms with Crippen LogP contribution in [-0.2, 0) is 0 Å². The van der Waals surface area contributed by atoms with Gasteiger partial charge in [0.2, 0.25) is 0 Å². The Morgan fingerprint density at radius 3 is 1.30 bits per heavy atom. The highest BCUT2D eigenvalue weighted by Gasteiger charge is 2.16. The summed E-state index contributed by atoms with van der Waals surface area (Å²) in [7, 11) is 0. The third-order valence-electron chi connectivity index (χ3n) is 3.01. The molecule has 2 N–H and O–H groups in total. The van der Waals surface area contributed by atoms with Crippen LogP contribution in [0.4, 0.5) is 11.4 Å². The van der Waals surface area contributed by atoms with E-state index < -0.39 is 0 Å². The average Bonchev–Trinajstić information content (AvgIpc) is 2.40. The second-order valence-corrected chi connectivity index (χ2v) is 7.84. The number of rotatable bonds is 4.